The number of likely N-dealkylation sites (tertiary alicyclic amines) is 1. The van der Waals surface area contributed by atoms with Gasteiger partial charge in [-0.2, -0.15) is 0 Å². The summed E-state index contributed by atoms with van der Waals surface area (Å²) in [6.07, 6.45) is 1.88. The van der Waals surface area contributed by atoms with Crippen LogP contribution in [0.4, 0.5) is 0 Å². The van der Waals surface area contributed by atoms with E-state index in [-0.39, 0.29) is 0 Å². The van der Waals surface area contributed by atoms with Gasteiger partial charge in [-0.05, 0) is 24.4 Å². The van der Waals surface area contributed by atoms with E-state index < -0.39 is 0 Å². The summed E-state index contributed by atoms with van der Waals surface area (Å²) in [5.74, 6) is 0.958. The van der Waals surface area contributed by atoms with Gasteiger partial charge in [-0.25, -0.2) is 0 Å². The fourth-order valence-electron chi connectivity index (χ4n) is 3.36. The molecule has 0 radical (unpaired) electrons. The number of hydrogen-bond acceptors (Lipinski definition) is 3. The summed E-state index contributed by atoms with van der Waals surface area (Å²) in [6, 6.07) is 10.8. The minimum Gasteiger partial charge on any atom is -0.340 e. The predicted molar refractivity (Wildman–Crippen MR) is 84.3 cm³/mol. The summed E-state index contributed by atoms with van der Waals surface area (Å²) < 4.78 is 0. The number of hydrogen-bond donors (Lipinski definition) is 1. The Morgan fingerprint density at radius 3 is 2.67 bits per heavy atom. The van der Waals surface area contributed by atoms with Crippen LogP contribution in [0.25, 0.3) is 0 Å². The van der Waals surface area contributed by atoms with Crippen LogP contribution < -0.4 is 5.32 Å². The fourth-order valence-corrected chi connectivity index (χ4v) is 3.36. The van der Waals surface area contributed by atoms with E-state index >= 15 is 0 Å². The Labute approximate surface area is 127 Å². The highest BCUT2D eigenvalue weighted by atomic mass is 16.2. The highest BCUT2D eigenvalue weighted by Gasteiger charge is 2.24. The van der Waals surface area contributed by atoms with E-state index in [1.54, 1.807) is 0 Å². The normalized spacial score (nSPS) is 23.4. The molecule has 2 saturated heterocycles. The zero-order chi connectivity index (χ0) is 14.5. The average Bonchev–Trinajstić information content (AvgIpc) is 3.03. The summed E-state index contributed by atoms with van der Waals surface area (Å²) in [5.41, 5.74) is 1.44. The molecule has 114 valence electrons. The highest BCUT2D eigenvalue weighted by molar-refractivity contribution is 5.76. The van der Waals surface area contributed by atoms with E-state index in [1.807, 2.05) is 4.90 Å². The van der Waals surface area contributed by atoms with Gasteiger partial charge in [-0.15, -0.1) is 0 Å². The lowest BCUT2D eigenvalue weighted by molar-refractivity contribution is -0.132. The number of nitrogens with one attached hydrogen (secondary N) is 1. The molecule has 1 N–H and O–H groups in total. The molecule has 1 aromatic rings. The third-order valence-electron chi connectivity index (χ3n) is 4.65. The molecular formula is C17H25N3O. The first-order valence-corrected chi connectivity index (χ1v) is 8.09. The molecule has 0 bridgehead atoms. The second-order valence-electron chi connectivity index (χ2n) is 6.08. The molecule has 4 heteroatoms. The van der Waals surface area contributed by atoms with Crippen LogP contribution in [-0.4, -0.2) is 61.5 Å². The van der Waals surface area contributed by atoms with Gasteiger partial charge >= 0.3 is 0 Å². The van der Waals surface area contributed by atoms with Gasteiger partial charge in [0, 0.05) is 45.7 Å². The van der Waals surface area contributed by atoms with Gasteiger partial charge < -0.3 is 15.1 Å². The number of piperazine rings is 1. The van der Waals surface area contributed by atoms with Gasteiger partial charge in [-0.3, -0.25) is 4.79 Å². The number of benzene rings is 1. The fraction of sp³-hybridized carbons (Fsp3) is 0.588. The molecule has 1 amide bonds. The van der Waals surface area contributed by atoms with Crippen molar-refractivity contribution in [3.05, 3.63) is 35.9 Å². The Morgan fingerprint density at radius 2 is 1.90 bits per heavy atom. The van der Waals surface area contributed by atoms with E-state index in [1.165, 1.54) is 12.0 Å². The van der Waals surface area contributed by atoms with Crippen LogP contribution >= 0.6 is 0 Å². The summed E-state index contributed by atoms with van der Waals surface area (Å²) >= 11 is 0. The second-order valence-corrected chi connectivity index (χ2v) is 6.08. The van der Waals surface area contributed by atoms with Gasteiger partial charge in [0.25, 0.3) is 0 Å². The molecule has 2 aliphatic heterocycles. The molecule has 3 rings (SSSR count). The smallest absolute Gasteiger partial charge is 0.223 e. The predicted octanol–water partition coefficient (Wildman–Crippen LogP) is 1.30. The van der Waals surface area contributed by atoms with E-state index in [9.17, 15) is 4.79 Å². The van der Waals surface area contributed by atoms with Crippen LogP contribution in [0, 0.1) is 0 Å². The largest absolute Gasteiger partial charge is 0.340 e. The monoisotopic (exact) mass is 287 g/mol. The van der Waals surface area contributed by atoms with Gasteiger partial charge in [0.2, 0.25) is 5.91 Å². The van der Waals surface area contributed by atoms with Crippen molar-refractivity contribution >= 4 is 5.91 Å². The number of rotatable bonds is 4. The SMILES string of the molecule is O=C(CCN1CCC(c2ccccc2)C1)N1CCNCC1. The average molecular weight is 287 g/mol. The van der Waals surface area contributed by atoms with Crippen molar-refractivity contribution in [3.8, 4) is 0 Å². The van der Waals surface area contributed by atoms with E-state index in [2.05, 4.69) is 40.5 Å². The molecule has 4 nitrogen and oxygen atoms in total. The third-order valence-corrected chi connectivity index (χ3v) is 4.65. The lowest BCUT2D eigenvalue weighted by atomic mass is 9.99. The summed E-state index contributed by atoms with van der Waals surface area (Å²) in [5, 5.41) is 3.29. The highest BCUT2D eigenvalue weighted by Crippen LogP contribution is 2.26. The summed E-state index contributed by atoms with van der Waals surface area (Å²) in [4.78, 5) is 16.6. The lowest BCUT2D eigenvalue weighted by Gasteiger charge is -2.28. The number of carbonyl (C=O) groups excluding carboxylic acids is 1. The zero-order valence-electron chi connectivity index (χ0n) is 12.6. The van der Waals surface area contributed by atoms with Gasteiger partial charge in [0.05, 0.1) is 0 Å². The molecule has 0 aliphatic carbocycles. The minimum absolute atomic E-state index is 0.319. The third kappa shape index (κ3) is 3.83. The second kappa shape index (κ2) is 7.05. The maximum atomic E-state index is 12.2. The number of nitrogens with zero attached hydrogens (tertiary/aromatic N) is 2. The van der Waals surface area contributed by atoms with Crippen molar-refractivity contribution < 1.29 is 4.79 Å². The molecule has 2 fully saturated rings. The van der Waals surface area contributed by atoms with Gasteiger partial charge in [0.1, 0.15) is 0 Å². The Hall–Kier alpha value is -1.39. The van der Waals surface area contributed by atoms with Crippen LogP contribution in [0.3, 0.4) is 0 Å². The quantitative estimate of drug-likeness (QED) is 0.906. The molecule has 1 aromatic carbocycles. The Bertz CT molecular complexity index is 456. The number of carbonyl (C=O) groups is 1. The van der Waals surface area contributed by atoms with E-state index in [0.29, 0.717) is 18.2 Å². The van der Waals surface area contributed by atoms with Crippen molar-refractivity contribution in [1.29, 1.82) is 0 Å². The van der Waals surface area contributed by atoms with Crippen molar-refractivity contribution in [3.63, 3.8) is 0 Å². The molecule has 2 heterocycles. The topological polar surface area (TPSA) is 35.6 Å². The van der Waals surface area contributed by atoms with Crippen LogP contribution in [0.2, 0.25) is 0 Å². The Kier molecular flexibility index (Phi) is 4.88. The minimum atomic E-state index is 0.319. The van der Waals surface area contributed by atoms with Crippen molar-refractivity contribution in [1.82, 2.24) is 15.1 Å². The maximum Gasteiger partial charge on any atom is 0.223 e. The summed E-state index contributed by atoms with van der Waals surface area (Å²) in [6.45, 7) is 6.73. The molecule has 0 aromatic heterocycles. The maximum absolute atomic E-state index is 12.2. The van der Waals surface area contributed by atoms with E-state index in [0.717, 1.165) is 45.8 Å². The van der Waals surface area contributed by atoms with Crippen LogP contribution in [0.5, 0.6) is 0 Å². The molecule has 0 spiro atoms. The first-order valence-electron chi connectivity index (χ1n) is 8.09. The van der Waals surface area contributed by atoms with Crippen LogP contribution in [-0.2, 0) is 4.79 Å². The Morgan fingerprint density at radius 1 is 1.14 bits per heavy atom. The van der Waals surface area contributed by atoms with E-state index in [4.69, 9.17) is 0 Å². The molecule has 0 saturated carbocycles. The summed E-state index contributed by atoms with van der Waals surface area (Å²) in [7, 11) is 0. The molecule has 1 atom stereocenters. The first-order chi connectivity index (χ1) is 10.3. The van der Waals surface area contributed by atoms with Gasteiger partial charge in [0.15, 0.2) is 0 Å². The van der Waals surface area contributed by atoms with Crippen LogP contribution in [0.15, 0.2) is 30.3 Å². The standard InChI is InChI=1S/C17H25N3O/c21-17(20-12-8-18-9-13-20)7-11-19-10-6-16(14-19)15-4-2-1-3-5-15/h1-5,16,18H,6-14H2. The van der Waals surface area contributed by atoms with Crippen molar-refractivity contribution in [2.75, 3.05) is 45.8 Å². The van der Waals surface area contributed by atoms with Crippen molar-refractivity contribution in [2.45, 2.75) is 18.8 Å². The van der Waals surface area contributed by atoms with Crippen LogP contribution in [0.1, 0.15) is 24.3 Å². The molecule has 1 unspecified atom stereocenters. The Balaban J connectivity index is 1.43. The van der Waals surface area contributed by atoms with Gasteiger partial charge in [-0.1, -0.05) is 30.3 Å². The number of amides is 1. The lowest BCUT2D eigenvalue weighted by Crippen LogP contribution is -2.47. The zero-order valence-corrected chi connectivity index (χ0v) is 12.6. The van der Waals surface area contributed by atoms with Crippen molar-refractivity contribution in [2.24, 2.45) is 0 Å². The molecule has 2 aliphatic rings. The molecule has 21 heavy (non-hydrogen) atoms. The first kappa shape index (κ1) is 14.5. The molecular weight excluding hydrogens is 262 g/mol.